The molecule has 0 bridgehead atoms. The minimum Gasteiger partial charge on any atom is -0.396 e. The summed E-state index contributed by atoms with van der Waals surface area (Å²) in [6.45, 7) is 3.90. The number of carbonyl (C=O) groups excluding carboxylic acids is 1. The molecule has 1 fully saturated rings. The predicted molar refractivity (Wildman–Crippen MR) is 79.1 cm³/mol. The van der Waals surface area contributed by atoms with Gasteiger partial charge in [-0.15, -0.1) is 11.3 Å². The standard InChI is InChI=1S/C15H21NO2S/c1-12-7-10-19-14(12)4-5-15(18)16-8-2-3-13(11-16)6-9-17/h4-5,7,10,13,17H,2-3,6,8-9,11H2,1H3. The first-order valence-corrected chi connectivity index (χ1v) is 7.70. The van der Waals surface area contributed by atoms with E-state index in [1.165, 1.54) is 5.56 Å². The summed E-state index contributed by atoms with van der Waals surface area (Å²) in [6, 6.07) is 2.06. The van der Waals surface area contributed by atoms with Crippen LogP contribution in [0.15, 0.2) is 17.5 Å². The summed E-state index contributed by atoms with van der Waals surface area (Å²) >= 11 is 1.66. The molecule has 104 valence electrons. The molecule has 1 N–H and O–H groups in total. The average Bonchev–Trinajstić information content (AvgIpc) is 2.82. The molecule has 0 aliphatic carbocycles. The second-order valence-electron chi connectivity index (χ2n) is 5.11. The van der Waals surface area contributed by atoms with Crippen molar-refractivity contribution in [3.63, 3.8) is 0 Å². The summed E-state index contributed by atoms with van der Waals surface area (Å²) in [5, 5.41) is 11.0. The highest BCUT2D eigenvalue weighted by Gasteiger charge is 2.21. The topological polar surface area (TPSA) is 40.5 Å². The van der Waals surface area contributed by atoms with Crippen molar-refractivity contribution in [2.24, 2.45) is 5.92 Å². The zero-order chi connectivity index (χ0) is 13.7. The Morgan fingerprint density at radius 3 is 3.16 bits per heavy atom. The van der Waals surface area contributed by atoms with Crippen molar-refractivity contribution in [1.29, 1.82) is 0 Å². The third kappa shape index (κ3) is 3.91. The smallest absolute Gasteiger partial charge is 0.246 e. The lowest BCUT2D eigenvalue weighted by Crippen LogP contribution is -2.39. The molecule has 0 radical (unpaired) electrons. The minimum atomic E-state index is 0.0930. The van der Waals surface area contributed by atoms with Gasteiger partial charge in [0, 0.05) is 30.6 Å². The number of nitrogens with zero attached hydrogens (tertiary/aromatic N) is 1. The Morgan fingerprint density at radius 2 is 2.47 bits per heavy atom. The molecule has 0 spiro atoms. The number of hydrogen-bond donors (Lipinski definition) is 1. The minimum absolute atomic E-state index is 0.0930. The molecule has 1 aliphatic heterocycles. The van der Waals surface area contributed by atoms with Gasteiger partial charge in [-0.2, -0.15) is 0 Å². The van der Waals surface area contributed by atoms with Crippen LogP contribution in [0.5, 0.6) is 0 Å². The molecular weight excluding hydrogens is 258 g/mol. The maximum atomic E-state index is 12.1. The van der Waals surface area contributed by atoms with E-state index in [1.54, 1.807) is 17.4 Å². The molecule has 1 aromatic rings. The Morgan fingerprint density at radius 1 is 1.63 bits per heavy atom. The first-order chi connectivity index (χ1) is 9.20. The van der Waals surface area contributed by atoms with Gasteiger partial charge in [0.25, 0.3) is 0 Å². The number of piperidine rings is 1. The number of thiophene rings is 1. The van der Waals surface area contributed by atoms with Crippen LogP contribution in [-0.4, -0.2) is 35.6 Å². The molecule has 0 saturated carbocycles. The van der Waals surface area contributed by atoms with Crippen LogP contribution in [0.3, 0.4) is 0 Å². The van der Waals surface area contributed by atoms with E-state index in [4.69, 9.17) is 5.11 Å². The third-order valence-corrected chi connectivity index (χ3v) is 4.63. The molecule has 2 rings (SSSR count). The van der Waals surface area contributed by atoms with Crippen LogP contribution < -0.4 is 0 Å². The largest absolute Gasteiger partial charge is 0.396 e. The number of carbonyl (C=O) groups is 1. The van der Waals surface area contributed by atoms with Gasteiger partial charge in [0.05, 0.1) is 0 Å². The Labute approximate surface area is 118 Å². The molecular formula is C15H21NO2S. The van der Waals surface area contributed by atoms with Crippen molar-refractivity contribution in [3.8, 4) is 0 Å². The van der Waals surface area contributed by atoms with E-state index in [0.29, 0.717) is 5.92 Å². The van der Waals surface area contributed by atoms with E-state index < -0.39 is 0 Å². The van der Waals surface area contributed by atoms with Crippen LogP contribution in [0.2, 0.25) is 0 Å². The molecule has 4 heteroatoms. The number of aliphatic hydroxyl groups excluding tert-OH is 1. The van der Waals surface area contributed by atoms with E-state index in [0.717, 1.165) is 37.2 Å². The van der Waals surface area contributed by atoms with Gasteiger partial charge in [-0.1, -0.05) is 0 Å². The van der Waals surface area contributed by atoms with Gasteiger partial charge in [-0.25, -0.2) is 0 Å². The van der Waals surface area contributed by atoms with Crippen LogP contribution in [0.25, 0.3) is 6.08 Å². The SMILES string of the molecule is Cc1ccsc1C=CC(=O)N1CCCC(CCO)C1. The van der Waals surface area contributed by atoms with E-state index in [9.17, 15) is 4.79 Å². The Hall–Kier alpha value is -1.13. The fourth-order valence-electron chi connectivity index (χ4n) is 2.49. The van der Waals surface area contributed by atoms with Crippen LogP contribution >= 0.6 is 11.3 Å². The molecule has 1 unspecified atom stereocenters. The molecule has 1 saturated heterocycles. The maximum absolute atomic E-state index is 12.1. The highest BCUT2D eigenvalue weighted by atomic mass is 32.1. The lowest BCUT2D eigenvalue weighted by Gasteiger charge is -2.31. The Kier molecular flexibility index (Phi) is 5.16. The van der Waals surface area contributed by atoms with Gasteiger partial charge >= 0.3 is 0 Å². The van der Waals surface area contributed by atoms with Crippen LogP contribution in [0, 0.1) is 12.8 Å². The van der Waals surface area contributed by atoms with E-state index in [2.05, 4.69) is 13.0 Å². The second-order valence-corrected chi connectivity index (χ2v) is 6.05. The molecule has 1 amide bonds. The molecule has 1 aliphatic rings. The van der Waals surface area contributed by atoms with Crippen molar-refractivity contribution in [3.05, 3.63) is 28.0 Å². The van der Waals surface area contributed by atoms with Gasteiger partial charge in [-0.05, 0) is 55.2 Å². The Balaban J connectivity index is 1.92. The van der Waals surface area contributed by atoms with Gasteiger partial charge in [0.15, 0.2) is 0 Å². The van der Waals surface area contributed by atoms with Gasteiger partial charge < -0.3 is 10.0 Å². The van der Waals surface area contributed by atoms with Crippen LogP contribution in [0.4, 0.5) is 0 Å². The zero-order valence-corrected chi connectivity index (χ0v) is 12.2. The zero-order valence-electron chi connectivity index (χ0n) is 11.3. The van der Waals surface area contributed by atoms with E-state index in [-0.39, 0.29) is 12.5 Å². The first kappa shape index (κ1) is 14.3. The van der Waals surface area contributed by atoms with E-state index in [1.807, 2.05) is 16.4 Å². The highest BCUT2D eigenvalue weighted by Crippen LogP contribution is 2.20. The predicted octanol–water partition coefficient (Wildman–Crippen LogP) is 2.69. The highest BCUT2D eigenvalue weighted by molar-refractivity contribution is 7.11. The fourth-order valence-corrected chi connectivity index (χ4v) is 3.31. The fraction of sp³-hybridized carbons (Fsp3) is 0.533. The molecule has 3 nitrogen and oxygen atoms in total. The number of rotatable bonds is 4. The van der Waals surface area contributed by atoms with Crippen LogP contribution in [0.1, 0.15) is 29.7 Å². The molecule has 0 aromatic carbocycles. The monoisotopic (exact) mass is 279 g/mol. The number of hydrogen-bond acceptors (Lipinski definition) is 3. The lowest BCUT2D eigenvalue weighted by atomic mass is 9.95. The average molecular weight is 279 g/mol. The lowest BCUT2D eigenvalue weighted by molar-refractivity contribution is -0.127. The summed E-state index contributed by atoms with van der Waals surface area (Å²) in [6.07, 6.45) is 6.57. The first-order valence-electron chi connectivity index (χ1n) is 6.82. The van der Waals surface area contributed by atoms with E-state index >= 15 is 0 Å². The van der Waals surface area contributed by atoms with Gasteiger partial charge in [0.1, 0.15) is 0 Å². The van der Waals surface area contributed by atoms with Gasteiger partial charge in [0.2, 0.25) is 5.91 Å². The summed E-state index contributed by atoms with van der Waals surface area (Å²) < 4.78 is 0. The summed E-state index contributed by atoms with van der Waals surface area (Å²) in [7, 11) is 0. The summed E-state index contributed by atoms with van der Waals surface area (Å²) in [4.78, 5) is 15.2. The van der Waals surface area contributed by atoms with Crippen molar-refractivity contribution in [2.75, 3.05) is 19.7 Å². The summed E-state index contributed by atoms with van der Waals surface area (Å²) in [5.74, 6) is 0.551. The number of likely N-dealkylation sites (tertiary alicyclic amines) is 1. The summed E-state index contributed by atoms with van der Waals surface area (Å²) in [5.41, 5.74) is 1.21. The molecule has 19 heavy (non-hydrogen) atoms. The van der Waals surface area contributed by atoms with Crippen molar-refractivity contribution >= 4 is 23.3 Å². The molecule has 1 atom stereocenters. The Bertz CT molecular complexity index is 451. The van der Waals surface area contributed by atoms with Crippen LogP contribution in [-0.2, 0) is 4.79 Å². The number of aliphatic hydroxyl groups is 1. The normalized spacial score (nSPS) is 20.1. The van der Waals surface area contributed by atoms with Gasteiger partial charge in [-0.3, -0.25) is 4.79 Å². The van der Waals surface area contributed by atoms with Crippen molar-refractivity contribution in [2.45, 2.75) is 26.2 Å². The third-order valence-electron chi connectivity index (χ3n) is 3.65. The quantitative estimate of drug-likeness (QED) is 0.861. The number of aryl methyl sites for hydroxylation is 1. The molecule has 1 aromatic heterocycles. The van der Waals surface area contributed by atoms with Crippen molar-refractivity contribution < 1.29 is 9.90 Å². The second kappa shape index (κ2) is 6.87. The maximum Gasteiger partial charge on any atom is 0.246 e. The number of amides is 1. The molecule has 2 heterocycles. The van der Waals surface area contributed by atoms with Crippen molar-refractivity contribution in [1.82, 2.24) is 4.90 Å².